The molecule has 18 heavy (non-hydrogen) atoms. The Hall–Kier alpha value is -1.81. The second-order valence-electron chi connectivity index (χ2n) is 4.55. The average Bonchev–Trinajstić information content (AvgIpc) is 2.65. The predicted molar refractivity (Wildman–Crippen MR) is 71.3 cm³/mol. The largest absolute Gasteiger partial charge is 0.487 e. The molecule has 1 aromatic carbocycles. The van der Waals surface area contributed by atoms with Gasteiger partial charge < -0.3 is 10.5 Å². The van der Waals surface area contributed by atoms with E-state index < -0.39 is 0 Å². The Kier molecular flexibility index (Phi) is 3.67. The van der Waals surface area contributed by atoms with Crippen molar-refractivity contribution in [1.29, 1.82) is 0 Å². The highest BCUT2D eigenvalue weighted by molar-refractivity contribution is 5.30. The normalized spacial score (nSPS) is 12.4. The molecule has 0 bridgehead atoms. The highest BCUT2D eigenvalue weighted by Gasteiger charge is 2.04. The molecule has 0 aliphatic carbocycles. The minimum atomic E-state index is 0.0208. The highest BCUT2D eigenvalue weighted by atomic mass is 16.5. The van der Waals surface area contributed by atoms with Crippen molar-refractivity contribution in [3.63, 3.8) is 0 Å². The van der Waals surface area contributed by atoms with E-state index in [0.717, 1.165) is 22.7 Å². The van der Waals surface area contributed by atoms with Gasteiger partial charge in [-0.25, -0.2) is 0 Å². The van der Waals surface area contributed by atoms with E-state index >= 15 is 0 Å². The predicted octanol–water partition coefficient (Wildman–Crippen LogP) is 2.33. The molecule has 1 aromatic heterocycles. The van der Waals surface area contributed by atoms with E-state index in [1.807, 2.05) is 55.9 Å². The molecule has 0 saturated carbocycles. The number of hydrogen-bond donors (Lipinski definition) is 1. The molecule has 2 N–H and O–H groups in total. The maximum Gasteiger partial charge on any atom is 0.130 e. The Labute approximate surface area is 107 Å². The summed E-state index contributed by atoms with van der Waals surface area (Å²) < 4.78 is 7.60. The van der Waals surface area contributed by atoms with Crippen LogP contribution in [-0.4, -0.2) is 9.78 Å². The Morgan fingerprint density at radius 1 is 1.39 bits per heavy atom. The molecule has 0 radical (unpaired) electrons. The van der Waals surface area contributed by atoms with Crippen molar-refractivity contribution in [2.45, 2.75) is 26.5 Å². The average molecular weight is 245 g/mol. The molecule has 2 aromatic rings. The lowest BCUT2D eigenvalue weighted by Crippen LogP contribution is -2.06. The molecule has 0 spiro atoms. The van der Waals surface area contributed by atoms with Crippen LogP contribution in [0.1, 0.15) is 29.9 Å². The van der Waals surface area contributed by atoms with Crippen LogP contribution in [0.4, 0.5) is 0 Å². The van der Waals surface area contributed by atoms with Gasteiger partial charge in [0.2, 0.25) is 0 Å². The van der Waals surface area contributed by atoms with Gasteiger partial charge in [-0.05, 0) is 37.6 Å². The van der Waals surface area contributed by atoms with Crippen LogP contribution in [0.3, 0.4) is 0 Å². The van der Waals surface area contributed by atoms with E-state index in [1.165, 1.54) is 0 Å². The van der Waals surface area contributed by atoms with Gasteiger partial charge in [-0.1, -0.05) is 12.1 Å². The van der Waals surface area contributed by atoms with Crippen molar-refractivity contribution in [3.8, 4) is 5.75 Å². The summed E-state index contributed by atoms with van der Waals surface area (Å²) >= 11 is 0. The number of rotatable bonds is 4. The van der Waals surface area contributed by atoms with Gasteiger partial charge in [0.15, 0.2) is 0 Å². The van der Waals surface area contributed by atoms with E-state index in [4.69, 9.17) is 10.5 Å². The minimum absolute atomic E-state index is 0.0208. The Bertz CT molecular complexity index is 532. The van der Waals surface area contributed by atoms with E-state index in [0.29, 0.717) is 6.61 Å². The van der Waals surface area contributed by atoms with Gasteiger partial charge in [-0.3, -0.25) is 4.68 Å². The first-order valence-electron chi connectivity index (χ1n) is 6.04. The number of nitrogens with two attached hydrogens (primary N) is 1. The molecule has 1 atom stereocenters. The fraction of sp³-hybridized carbons (Fsp3) is 0.357. The van der Waals surface area contributed by atoms with Crippen LogP contribution < -0.4 is 10.5 Å². The van der Waals surface area contributed by atoms with E-state index in [-0.39, 0.29) is 6.04 Å². The SMILES string of the molecule is Cc1cc(COc2cccc([C@@H](C)N)c2)n(C)n1. The fourth-order valence-electron chi connectivity index (χ4n) is 1.84. The standard InChI is InChI=1S/C14H19N3O/c1-10-7-13(17(3)16-10)9-18-14-6-4-5-12(8-14)11(2)15/h4-8,11H,9,15H2,1-3H3/t11-/m1/s1. The quantitative estimate of drug-likeness (QED) is 0.899. The van der Waals surface area contributed by atoms with E-state index in [9.17, 15) is 0 Å². The fourth-order valence-corrected chi connectivity index (χ4v) is 1.84. The van der Waals surface area contributed by atoms with Crippen LogP contribution in [-0.2, 0) is 13.7 Å². The van der Waals surface area contributed by atoms with Crippen LogP contribution in [0.25, 0.3) is 0 Å². The molecule has 1 heterocycles. The Balaban J connectivity index is 2.06. The molecule has 0 aliphatic heterocycles. The Morgan fingerprint density at radius 3 is 2.78 bits per heavy atom. The number of aryl methyl sites for hydroxylation is 2. The number of ether oxygens (including phenoxy) is 1. The van der Waals surface area contributed by atoms with Gasteiger partial charge in [0.1, 0.15) is 12.4 Å². The third-order valence-corrected chi connectivity index (χ3v) is 2.87. The van der Waals surface area contributed by atoms with Crippen molar-refractivity contribution >= 4 is 0 Å². The third-order valence-electron chi connectivity index (χ3n) is 2.87. The summed E-state index contributed by atoms with van der Waals surface area (Å²) in [7, 11) is 1.92. The lowest BCUT2D eigenvalue weighted by atomic mass is 10.1. The smallest absolute Gasteiger partial charge is 0.130 e. The molecule has 0 unspecified atom stereocenters. The van der Waals surface area contributed by atoms with Crippen molar-refractivity contribution in [2.24, 2.45) is 12.8 Å². The molecule has 96 valence electrons. The first-order chi connectivity index (χ1) is 8.56. The Morgan fingerprint density at radius 2 is 2.17 bits per heavy atom. The summed E-state index contributed by atoms with van der Waals surface area (Å²) in [5.74, 6) is 0.837. The molecule has 0 aliphatic rings. The first kappa shape index (κ1) is 12.6. The third kappa shape index (κ3) is 2.90. The molecule has 2 rings (SSSR count). The zero-order chi connectivity index (χ0) is 13.1. The number of nitrogens with zero attached hydrogens (tertiary/aromatic N) is 2. The second-order valence-corrected chi connectivity index (χ2v) is 4.55. The van der Waals surface area contributed by atoms with Gasteiger partial charge in [0.05, 0.1) is 11.4 Å². The lowest BCUT2D eigenvalue weighted by molar-refractivity contribution is 0.294. The molecular formula is C14H19N3O. The summed E-state index contributed by atoms with van der Waals surface area (Å²) in [4.78, 5) is 0. The number of hydrogen-bond acceptors (Lipinski definition) is 3. The topological polar surface area (TPSA) is 53.1 Å². The van der Waals surface area contributed by atoms with Crippen LogP contribution in [0.15, 0.2) is 30.3 Å². The molecular weight excluding hydrogens is 226 g/mol. The van der Waals surface area contributed by atoms with Gasteiger partial charge in [-0.2, -0.15) is 5.10 Å². The molecule has 4 heteroatoms. The maximum absolute atomic E-state index is 5.85. The zero-order valence-electron chi connectivity index (χ0n) is 11.1. The van der Waals surface area contributed by atoms with Crippen LogP contribution >= 0.6 is 0 Å². The first-order valence-corrected chi connectivity index (χ1v) is 6.04. The number of aromatic nitrogens is 2. The summed E-state index contributed by atoms with van der Waals surface area (Å²) in [6.45, 7) is 4.45. The minimum Gasteiger partial charge on any atom is -0.487 e. The molecule has 0 fully saturated rings. The van der Waals surface area contributed by atoms with Gasteiger partial charge in [-0.15, -0.1) is 0 Å². The highest BCUT2D eigenvalue weighted by Crippen LogP contribution is 2.18. The molecule has 0 amide bonds. The maximum atomic E-state index is 5.85. The van der Waals surface area contributed by atoms with Crippen LogP contribution in [0.5, 0.6) is 5.75 Å². The monoisotopic (exact) mass is 245 g/mol. The van der Waals surface area contributed by atoms with Crippen molar-refractivity contribution in [1.82, 2.24) is 9.78 Å². The summed E-state index contributed by atoms with van der Waals surface area (Å²) in [5, 5.41) is 4.29. The summed E-state index contributed by atoms with van der Waals surface area (Å²) in [6, 6.07) is 9.93. The molecule has 0 saturated heterocycles. The van der Waals surface area contributed by atoms with Crippen LogP contribution in [0, 0.1) is 6.92 Å². The van der Waals surface area contributed by atoms with E-state index in [1.54, 1.807) is 0 Å². The lowest BCUT2D eigenvalue weighted by Gasteiger charge is -2.10. The molecule has 4 nitrogen and oxygen atoms in total. The van der Waals surface area contributed by atoms with Gasteiger partial charge in [0, 0.05) is 13.1 Å². The van der Waals surface area contributed by atoms with Gasteiger partial charge in [0.25, 0.3) is 0 Å². The second kappa shape index (κ2) is 5.23. The van der Waals surface area contributed by atoms with Crippen molar-refractivity contribution in [2.75, 3.05) is 0 Å². The van der Waals surface area contributed by atoms with E-state index in [2.05, 4.69) is 5.10 Å². The van der Waals surface area contributed by atoms with Gasteiger partial charge >= 0.3 is 0 Å². The number of benzene rings is 1. The summed E-state index contributed by atoms with van der Waals surface area (Å²) in [5.41, 5.74) is 8.98. The van der Waals surface area contributed by atoms with Crippen molar-refractivity contribution < 1.29 is 4.74 Å². The van der Waals surface area contributed by atoms with Crippen molar-refractivity contribution in [3.05, 3.63) is 47.3 Å². The van der Waals surface area contributed by atoms with Crippen LogP contribution in [0.2, 0.25) is 0 Å². The summed E-state index contributed by atoms with van der Waals surface area (Å²) in [6.07, 6.45) is 0. The zero-order valence-corrected chi connectivity index (χ0v) is 11.1.